The van der Waals surface area contributed by atoms with Crippen LogP contribution in [0.3, 0.4) is 0 Å². The number of halogens is 1. The lowest BCUT2D eigenvalue weighted by Gasteiger charge is -2.37. The predicted molar refractivity (Wildman–Crippen MR) is 118 cm³/mol. The van der Waals surface area contributed by atoms with E-state index in [1.54, 1.807) is 0 Å². The Morgan fingerprint density at radius 1 is 0.857 bits per heavy atom. The molecule has 144 valence electrons. The highest BCUT2D eigenvalue weighted by Crippen LogP contribution is 2.25. The zero-order valence-corrected chi connectivity index (χ0v) is 16.9. The molecule has 0 amide bonds. The molecular formula is C25H27ClN2. The molecule has 0 saturated carbocycles. The summed E-state index contributed by atoms with van der Waals surface area (Å²) in [4.78, 5) is 2.64. The normalized spacial score (nSPS) is 16.7. The van der Waals surface area contributed by atoms with Crippen LogP contribution in [0.1, 0.15) is 22.3 Å². The molecule has 0 aliphatic carbocycles. The largest absolute Gasteiger partial charge is 0.311 e. The number of benzene rings is 3. The molecule has 3 heteroatoms. The Kier molecular flexibility index (Phi) is 6.43. The summed E-state index contributed by atoms with van der Waals surface area (Å²) in [6, 6.07) is 28.4. The van der Waals surface area contributed by atoms with E-state index in [1.165, 1.54) is 22.3 Å². The zero-order valence-electron chi connectivity index (χ0n) is 16.2. The second-order valence-corrected chi connectivity index (χ2v) is 8.03. The van der Waals surface area contributed by atoms with Gasteiger partial charge in [0.25, 0.3) is 0 Å². The van der Waals surface area contributed by atoms with E-state index in [2.05, 4.69) is 70.9 Å². The van der Waals surface area contributed by atoms with E-state index in [-0.39, 0.29) is 0 Å². The van der Waals surface area contributed by atoms with Crippen molar-refractivity contribution >= 4 is 11.6 Å². The van der Waals surface area contributed by atoms with Crippen LogP contribution >= 0.6 is 11.6 Å². The van der Waals surface area contributed by atoms with Gasteiger partial charge in [0.15, 0.2) is 0 Å². The molecule has 28 heavy (non-hydrogen) atoms. The van der Waals surface area contributed by atoms with Crippen molar-refractivity contribution in [2.45, 2.75) is 32.0 Å². The van der Waals surface area contributed by atoms with Crippen LogP contribution in [0.5, 0.6) is 0 Å². The molecule has 0 bridgehead atoms. The van der Waals surface area contributed by atoms with Gasteiger partial charge in [0.2, 0.25) is 0 Å². The maximum Gasteiger partial charge on any atom is 0.0409 e. The topological polar surface area (TPSA) is 15.3 Å². The van der Waals surface area contributed by atoms with Gasteiger partial charge in [-0.2, -0.15) is 0 Å². The number of hydrogen-bond donors (Lipinski definition) is 1. The van der Waals surface area contributed by atoms with Crippen LogP contribution in [0, 0.1) is 0 Å². The van der Waals surface area contributed by atoms with Crippen molar-refractivity contribution in [2.24, 2.45) is 0 Å². The van der Waals surface area contributed by atoms with E-state index in [4.69, 9.17) is 11.6 Å². The standard InChI is InChI=1S/C25H27ClN2/c26-24-12-6-9-21(15-24)18-27-13-14-28-19-23-11-5-4-10-22(23)17-25(28)16-20-7-2-1-3-8-20/h1-12,15,25,27H,13-14,16-19H2. The summed E-state index contributed by atoms with van der Waals surface area (Å²) < 4.78 is 0. The van der Waals surface area contributed by atoms with Gasteiger partial charge in [0.05, 0.1) is 0 Å². The fraction of sp³-hybridized carbons (Fsp3) is 0.280. The molecule has 1 aliphatic heterocycles. The lowest BCUT2D eigenvalue weighted by atomic mass is 9.90. The minimum atomic E-state index is 0.547. The van der Waals surface area contributed by atoms with Crippen LogP contribution in [0.4, 0.5) is 0 Å². The lowest BCUT2D eigenvalue weighted by molar-refractivity contribution is 0.170. The summed E-state index contributed by atoms with van der Waals surface area (Å²) in [5, 5.41) is 4.39. The van der Waals surface area contributed by atoms with E-state index in [9.17, 15) is 0 Å². The van der Waals surface area contributed by atoms with E-state index < -0.39 is 0 Å². The van der Waals surface area contributed by atoms with Gasteiger partial charge in [0, 0.05) is 37.2 Å². The van der Waals surface area contributed by atoms with Crippen molar-refractivity contribution in [1.82, 2.24) is 10.2 Å². The van der Waals surface area contributed by atoms with Crippen molar-refractivity contribution in [3.8, 4) is 0 Å². The Morgan fingerprint density at radius 2 is 1.61 bits per heavy atom. The molecule has 1 unspecified atom stereocenters. The summed E-state index contributed by atoms with van der Waals surface area (Å²) in [6.45, 7) is 3.91. The molecule has 0 saturated heterocycles. The van der Waals surface area contributed by atoms with Crippen LogP contribution in [-0.4, -0.2) is 24.0 Å². The number of rotatable bonds is 7. The monoisotopic (exact) mass is 390 g/mol. The molecule has 0 radical (unpaired) electrons. The van der Waals surface area contributed by atoms with Crippen molar-refractivity contribution in [3.05, 3.63) is 106 Å². The van der Waals surface area contributed by atoms with Gasteiger partial charge < -0.3 is 5.32 Å². The maximum absolute atomic E-state index is 6.09. The van der Waals surface area contributed by atoms with Gasteiger partial charge in [-0.3, -0.25) is 4.90 Å². The van der Waals surface area contributed by atoms with E-state index >= 15 is 0 Å². The Balaban J connectivity index is 1.39. The Morgan fingerprint density at radius 3 is 2.43 bits per heavy atom. The van der Waals surface area contributed by atoms with Gasteiger partial charge in [0.1, 0.15) is 0 Å². The average molecular weight is 391 g/mol. The third kappa shape index (κ3) is 5.02. The molecule has 0 fully saturated rings. The zero-order chi connectivity index (χ0) is 19.2. The van der Waals surface area contributed by atoms with Crippen LogP contribution < -0.4 is 5.32 Å². The van der Waals surface area contributed by atoms with Gasteiger partial charge >= 0.3 is 0 Å². The Hall–Kier alpha value is -2.13. The second kappa shape index (κ2) is 9.38. The molecule has 2 nitrogen and oxygen atoms in total. The molecule has 1 aliphatic rings. The first-order valence-electron chi connectivity index (χ1n) is 10.1. The van der Waals surface area contributed by atoms with Crippen molar-refractivity contribution < 1.29 is 0 Å². The molecule has 3 aromatic rings. The van der Waals surface area contributed by atoms with Crippen molar-refractivity contribution in [3.63, 3.8) is 0 Å². The van der Waals surface area contributed by atoms with Crippen LogP contribution in [0.25, 0.3) is 0 Å². The van der Waals surface area contributed by atoms with E-state index in [0.29, 0.717) is 6.04 Å². The van der Waals surface area contributed by atoms with Crippen LogP contribution in [-0.2, 0) is 25.9 Å². The third-order valence-electron chi connectivity index (χ3n) is 5.57. The van der Waals surface area contributed by atoms with Crippen molar-refractivity contribution in [2.75, 3.05) is 13.1 Å². The number of hydrogen-bond acceptors (Lipinski definition) is 2. The quantitative estimate of drug-likeness (QED) is 0.564. The highest BCUT2D eigenvalue weighted by atomic mass is 35.5. The minimum Gasteiger partial charge on any atom is -0.311 e. The molecule has 0 aromatic heterocycles. The fourth-order valence-electron chi connectivity index (χ4n) is 4.09. The Bertz CT molecular complexity index is 894. The Labute approximate surface area is 173 Å². The molecule has 1 atom stereocenters. The first-order valence-corrected chi connectivity index (χ1v) is 10.5. The first-order chi connectivity index (χ1) is 13.8. The van der Waals surface area contributed by atoms with Crippen molar-refractivity contribution in [1.29, 1.82) is 0 Å². The summed E-state index contributed by atoms with van der Waals surface area (Å²) in [7, 11) is 0. The SMILES string of the molecule is Clc1cccc(CNCCN2Cc3ccccc3CC2Cc2ccccc2)c1. The number of nitrogens with zero attached hydrogens (tertiary/aromatic N) is 1. The summed E-state index contributed by atoms with van der Waals surface area (Å²) in [5.74, 6) is 0. The molecule has 1 heterocycles. The summed E-state index contributed by atoms with van der Waals surface area (Å²) in [6.07, 6.45) is 2.23. The lowest BCUT2D eigenvalue weighted by Crippen LogP contribution is -2.44. The summed E-state index contributed by atoms with van der Waals surface area (Å²) >= 11 is 6.09. The maximum atomic E-state index is 6.09. The van der Waals surface area contributed by atoms with Crippen LogP contribution in [0.2, 0.25) is 5.02 Å². The number of fused-ring (bicyclic) bond motifs is 1. The third-order valence-corrected chi connectivity index (χ3v) is 5.81. The molecule has 1 N–H and O–H groups in total. The molecule has 3 aromatic carbocycles. The van der Waals surface area contributed by atoms with Gasteiger partial charge in [-0.05, 0) is 47.2 Å². The first kappa shape index (κ1) is 19.2. The summed E-state index contributed by atoms with van der Waals surface area (Å²) in [5.41, 5.74) is 5.63. The average Bonchev–Trinajstić information content (AvgIpc) is 2.72. The molecular weight excluding hydrogens is 364 g/mol. The smallest absolute Gasteiger partial charge is 0.0409 e. The van der Waals surface area contributed by atoms with Gasteiger partial charge in [-0.25, -0.2) is 0 Å². The number of nitrogens with one attached hydrogen (secondary N) is 1. The molecule has 0 spiro atoms. The molecule has 4 rings (SSSR count). The van der Waals surface area contributed by atoms with Gasteiger partial charge in [-0.1, -0.05) is 78.3 Å². The van der Waals surface area contributed by atoms with Crippen LogP contribution in [0.15, 0.2) is 78.9 Å². The van der Waals surface area contributed by atoms with Gasteiger partial charge in [-0.15, -0.1) is 0 Å². The highest BCUT2D eigenvalue weighted by molar-refractivity contribution is 6.30. The fourth-order valence-corrected chi connectivity index (χ4v) is 4.31. The highest BCUT2D eigenvalue weighted by Gasteiger charge is 2.25. The van der Waals surface area contributed by atoms with E-state index in [1.807, 2.05) is 18.2 Å². The minimum absolute atomic E-state index is 0.547. The van der Waals surface area contributed by atoms with E-state index in [0.717, 1.165) is 44.0 Å². The second-order valence-electron chi connectivity index (χ2n) is 7.59. The predicted octanol–water partition coefficient (Wildman–Crippen LogP) is 5.10.